The maximum Gasteiger partial charge on any atom is 0.416 e. The predicted molar refractivity (Wildman–Crippen MR) is 272 cm³/mol. The second kappa shape index (κ2) is 21.5. The average molecular weight is 1230 g/mol. The molecule has 0 aliphatic heterocycles. The highest BCUT2D eigenvalue weighted by molar-refractivity contribution is 7.20. The summed E-state index contributed by atoms with van der Waals surface area (Å²) in [5, 5.41) is 9.12. The third-order valence-electron chi connectivity index (χ3n) is 14.4. The molecule has 448 valence electrons. The Morgan fingerprint density at radius 1 is 0.256 bits per heavy atom. The fourth-order valence-electron chi connectivity index (χ4n) is 10.6. The Labute approximate surface area is 468 Å². The van der Waals surface area contributed by atoms with E-state index in [0.717, 1.165) is 6.54 Å². The molecule has 0 atom stereocenters. The van der Waals surface area contributed by atoms with Gasteiger partial charge in [0.25, 0.3) is 0 Å². The summed E-state index contributed by atoms with van der Waals surface area (Å²) < 4.78 is 343. The van der Waals surface area contributed by atoms with E-state index in [0.29, 0.717) is 0 Å². The lowest BCUT2D eigenvalue weighted by Gasteiger charge is -2.46. The van der Waals surface area contributed by atoms with Crippen molar-refractivity contribution in [2.24, 2.45) is 0 Å². The summed E-state index contributed by atoms with van der Waals surface area (Å²) in [4.78, 5) is 0. The Kier molecular flexibility index (Phi) is 15.5. The van der Waals surface area contributed by atoms with Crippen LogP contribution in [0.1, 0.15) is 50.1 Å². The smallest absolute Gasteiger partial charge is 0.194 e. The van der Waals surface area contributed by atoms with Gasteiger partial charge < -0.3 is 0 Å². The molecule has 0 saturated heterocycles. The third kappa shape index (κ3) is 12.6. The lowest BCUT2D eigenvalue weighted by atomic mass is 9.12. The molecule has 0 radical (unpaired) electrons. The zero-order chi connectivity index (χ0) is 63.1. The monoisotopic (exact) mass is 1230 g/mol. The molecular weight excluding hydrogens is 1200 g/mol. The van der Waals surface area contributed by atoms with Crippen molar-refractivity contribution in [2.75, 3.05) is 0 Å². The van der Waals surface area contributed by atoms with Crippen molar-refractivity contribution in [3.63, 3.8) is 0 Å². The number of pyridine rings is 1. The normalized spacial score (nSPS) is 13.4. The zero-order valence-corrected chi connectivity index (χ0v) is 42.6. The molecule has 86 heavy (non-hydrogen) atoms. The third-order valence-corrected chi connectivity index (χ3v) is 14.4. The first-order valence-electron chi connectivity index (χ1n) is 24.7. The summed E-state index contributed by atoms with van der Waals surface area (Å²) in [5.74, 6) is 0. The van der Waals surface area contributed by atoms with Crippen molar-refractivity contribution in [3.05, 3.63) is 232 Å². The van der Waals surface area contributed by atoms with Crippen LogP contribution in [0.4, 0.5) is 105 Å². The molecular formula is C60H32BF24N. The molecule has 0 spiro atoms. The minimum Gasteiger partial charge on any atom is -0.194 e. The Bertz CT molecular complexity index is 3770. The van der Waals surface area contributed by atoms with Crippen molar-refractivity contribution >= 4 is 71.2 Å². The van der Waals surface area contributed by atoms with Crippen LogP contribution in [0.5, 0.6) is 0 Å². The number of hydrogen-bond donors (Lipinski definition) is 0. The zero-order valence-electron chi connectivity index (χ0n) is 42.6. The van der Waals surface area contributed by atoms with Gasteiger partial charge in [0.2, 0.25) is 5.52 Å². The first kappa shape index (κ1) is 62.1. The minimum atomic E-state index is -6.13. The Balaban J connectivity index is 0.000000251. The number of halogens is 24. The molecule has 0 aliphatic carbocycles. The molecule has 0 unspecified atom stereocenters. The highest BCUT2D eigenvalue weighted by atomic mass is 19.4. The van der Waals surface area contributed by atoms with E-state index in [2.05, 4.69) is 114 Å². The van der Waals surface area contributed by atoms with Crippen LogP contribution < -0.4 is 26.4 Å². The van der Waals surface area contributed by atoms with Crippen molar-refractivity contribution in [2.45, 2.75) is 56.0 Å². The summed E-state index contributed by atoms with van der Waals surface area (Å²) >= 11 is 0. The molecule has 1 aromatic heterocycles. The number of benzene rings is 9. The number of para-hydroxylation sites is 1. The average Bonchev–Trinajstić information content (AvgIpc) is 0.811. The van der Waals surface area contributed by atoms with Gasteiger partial charge in [-0.3, -0.25) is 0 Å². The summed E-state index contributed by atoms with van der Waals surface area (Å²) in [6.07, 6.45) is -52.6. The molecule has 9 aromatic carbocycles. The van der Waals surface area contributed by atoms with Crippen LogP contribution in [0, 0.1) is 0 Å². The Morgan fingerprint density at radius 3 is 0.884 bits per heavy atom. The lowest BCUT2D eigenvalue weighted by Crippen LogP contribution is -2.75. The molecule has 0 amide bonds. The van der Waals surface area contributed by atoms with Gasteiger partial charge in [0, 0.05) is 23.1 Å². The van der Waals surface area contributed by atoms with E-state index < -0.39 is 195 Å². The highest BCUT2D eigenvalue weighted by Gasteiger charge is 2.47. The van der Waals surface area contributed by atoms with Crippen LogP contribution >= 0.6 is 0 Å². The largest absolute Gasteiger partial charge is 0.416 e. The number of fused-ring (bicyclic) bond motifs is 4. The van der Waals surface area contributed by atoms with Crippen LogP contribution in [-0.4, -0.2) is 6.15 Å². The first-order chi connectivity index (χ1) is 39.6. The van der Waals surface area contributed by atoms with Crippen molar-refractivity contribution in [1.82, 2.24) is 0 Å². The van der Waals surface area contributed by atoms with E-state index in [1.807, 2.05) is 0 Å². The van der Waals surface area contributed by atoms with Crippen LogP contribution in [0.25, 0.3) is 43.2 Å². The van der Waals surface area contributed by atoms with Gasteiger partial charge in [-0.05, 0) is 86.9 Å². The van der Waals surface area contributed by atoms with Gasteiger partial charge >= 0.3 is 49.4 Å². The minimum absolute atomic E-state index is 0.691. The standard InChI is InChI=1S/C32H12BF24.C28H20N/c34-25(35,36)13-1-14(26(37,38)39)6-21(5-13)33(22-7-15(27(40,41)42)2-16(8-22)28(43,44)45,23-9-17(29(46,47)48)3-18(10-23)30(49,50)51)24-11-19(31(52,53)54)4-20(12-24)32(55,56)57;1-2-10-22-18-26-24(16-21(22)9-1)17-23-11-3-5-13-25(23)27(26)19-29-15-7-12-20-8-4-6-14-28(20)29/h1-12H;1-18H,19H2/q-1;+1. The van der Waals surface area contributed by atoms with Gasteiger partial charge in [0.1, 0.15) is 6.15 Å². The van der Waals surface area contributed by atoms with Gasteiger partial charge in [-0.15, -0.1) is 0 Å². The fourth-order valence-corrected chi connectivity index (χ4v) is 10.6. The number of rotatable bonds is 6. The number of alkyl halides is 24. The van der Waals surface area contributed by atoms with Crippen molar-refractivity contribution in [1.29, 1.82) is 0 Å². The number of nitrogens with zero attached hydrogens (tertiary/aromatic N) is 1. The Morgan fingerprint density at radius 2 is 0.535 bits per heavy atom. The lowest BCUT2D eigenvalue weighted by molar-refractivity contribution is -0.662. The Hall–Kier alpha value is -8.45. The van der Waals surface area contributed by atoms with Crippen LogP contribution in [0.2, 0.25) is 0 Å². The summed E-state index contributed by atoms with van der Waals surface area (Å²) in [6.45, 7) is 0.845. The molecule has 0 saturated carbocycles. The number of aromatic nitrogens is 1. The van der Waals surface area contributed by atoms with Gasteiger partial charge in [0.05, 0.1) is 44.5 Å². The van der Waals surface area contributed by atoms with E-state index in [9.17, 15) is 105 Å². The van der Waals surface area contributed by atoms with Gasteiger partial charge in [-0.2, -0.15) is 132 Å². The highest BCUT2D eigenvalue weighted by Crippen LogP contribution is 2.42. The first-order valence-corrected chi connectivity index (χ1v) is 24.7. The fraction of sp³-hybridized carbons (Fsp3) is 0.150. The number of hydrogen-bond acceptors (Lipinski definition) is 0. The van der Waals surface area contributed by atoms with Crippen molar-refractivity contribution < 1.29 is 110 Å². The van der Waals surface area contributed by atoms with Crippen LogP contribution in [0.3, 0.4) is 0 Å². The molecule has 0 N–H and O–H groups in total. The molecule has 0 bridgehead atoms. The van der Waals surface area contributed by atoms with Crippen LogP contribution in [0.15, 0.2) is 182 Å². The van der Waals surface area contributed by atoms with E-state index in [-0.39, 0.29) is 0 Å². The molecule has 1 heterocycles. The molecule has 10 aromatic rings. The van der Waals surface area contributed by atoms with E-state index in [1.54, 1.807) is 0 Å². The summed E-state index contributed by atoms with van der Waals surface area (Å²) in [5.41, 5.74) is -27.6. The summed E-state index contributed by atoms with van der Waals surface area (Å²) in [7, 11) is 0. The van der Waals surface area contributed by atoms with Gasteiger partial charge in [0.15, 0.2) is 12.7 Å². The summed E-state index contributed by atoms with van der Waals surface area (Å²) in [6, 6.07) is 28.5. The quantitative estimate of drug-likeness (QED) is 0.0676. The maximum absolute atomic E-state index is 14.2. The van der Waals surface area contributed by atoms with Crippen LogP contribution in [-0.2, 0) is 56.0 Å². The molecule has 1 nitrogen and oxygen atoms in total. The molecule has 0 fully saturated rings. The van der Waals surface area contributed by atoms with Crippen molar-refractivity contribution in [3.8, 4) is 0 Å². The molecule has 26 heteroatoms. The maximum atomic E-state index is 14.2. The second-order valence-electron chi connectivity index (χ2n) is 19.9. The van der Waals surface area contributed by atoms with E-state index in [1.165, 1.54) is 48.8 Å². The van der Waals surface area contributed by atoms with Gasteiger partial charge in [-0.1, -0.05) is 109 Å². The molecule has 10 rings (SSSR count). The van der Waals surface area contributed by atoms with Gasteiger partial charge in [-0.25, -0.2) is 0 Å². The second-order valence-corrected chi connectivity index (χ2v) is 19.9. The van der Waals surface area contributed by atoms with E-state index in [4.69, 9.17) is 0 Å². The SMILES string of the molecule is FC(F)(F)c1cc([B-](c2cc(C(F)(F)F)cc(C(F)(F)F)c2)(c2cc(C(F)(F)F)cc(C(F)(F)F)c2)c2cc(C(F)(F)F)cc(C(F)(F)F)c2)cc(C(F)(F)F)c1.c1ccc2cc3c(C[n+]4cccc5ccccc54)c4ccccc4cc3cc2c1. The topological polar surface area (TPSA) is 3.88 Å². The predicted octanol–water partition coefficient (Wildman–Crippen LogP) is 17.8. The van der Waals surface area contributed by atoms with E-state index >= 15 is 0 Å². The molecule has 0 aliphatic rings.